The highest BCUT2D eigenvalue weighted by molar-refractivity contribution is 5.71. The summed E-state index contributed by atoms with van der Waals surface area (Å²) in [7, 11) is 0. The Kier molecular flexibility index (Phi) is 66.3. The molecule has 0 heterocycles. The molecule has 0 aromatic carbocycles. The van der Waals surface area contributed by atoms with E-state index in [1.807, 2.05) is 0 Å². The van der Waals surface area contributed by atoms with Crippen LogP contribution in [-0.2, 0) is 28.6 Å². The molecule has 0 aliphatic carbocycles. The van der Waals surface area contributed by atoms with Crippen LogP contribution in [0.25, 0.3) is 0 Å². The Morgan fingerprint density at radius 1 is 0.253 bits per heavy atom. The molecule has 0 saturated heterocycles. The molecule has 1 unspecified atom stereocenters. The maximum Gasteiger partial charge on any atom is 0.306 e. The van der Waals surface area contributed by atoms with Gasteiger partial charge in [0.1, 0.15) is 13.2 Å². The van der Waals surface area contributed by atoms with Crippen molar-refractivity contribution >= 4 is 17.9 Å². The summed E-state index contributed by atoms with van der Waals surface area (Å²) in [6, 6.07) is 0. The van der Waals surface area contributed by atoms with Crippen molar-refractivity contribution in [2.45, 2.75) is 322 Å². The third-order valence-electron chi connectivity index (χ3n) is 14.6. The molecule has 0 aromatic rings. The van der Waals surface area contributed by atoms with E-state index in [0.29, 0.717) is 19.3 Å². The summed E-state index contributed by atoms with van der Waals surface area (Å²) in [5, 5.41) is 0. The zero-order valence-corrected chi connectivity index (χ0v) is 54.2. The van der Waals surface area contributed by atoms with E-state index < -0.39 is 6.10 Å². The zero-order chi connectivity index (χ0) is 59.9. The van der Waals surface area contributed by atoms with Crippen LogP contribution in [0.1, 0.15) is 316 Å². The lowest BCUT2D eigenvalue weighted by Crippen LogP contribution is -2.30. The second-order valence-electron chi connectivity index (χ2n) is 22.7. The van der Waals surface area contributed by atoms with E-state index in [1.54, 1.807) is 0 Å². The van der Waals surface area contributed by atoms with Gasteiger partial charge in [-0.15, -0.1) is 0 Å². The number of unbranched alkanes of at least 4 members (excludes halogenated alkanes) is 29. The topological polar surface area (TPSA) is 78.9 Å². The van der Waals surface area contributed by atoms with Crippen LogP contribution >= 0.6 is 0 Å². The molecule has 0 amide bonds. The molecule has 0 aliphatic rings. The zero-order valence-electron chi connectivity index (χ0n) is 54.2. The van der Waals surface area contributed by atoms with Gasteiger partial charge in [-0.25, -0.2) is 0 Å². The minimum absolute atomic E-state index is 0.0907. The first kappa shape index (κ1) is 78.5. The summed E-state index contributed by atoms with van der Waals surface area (Å²) < 4.78 is 16.9. The highest BCUT2D eigenvalue weighted by atomic mass is 16.6. The van der Waals surface area contributed by atoms with Crippen LogP contribution < -0.4 is 0 Å². The van der Waals surface area contributed by atoms with Crippen molar-refractivity contribution in [1.29, 1.82) is 0 Å². The van der Waals surface area contributed by atoms with Crippen LogP contribution in [-0.4, -0.2) is 37.2 Å². The van der Waals surface area contributed by atoms with Gasteiger partial charge in [0.2, 0.25) is 0 Å². The summed E-state index contributed by atoms with van der Waals surface area (Å²) in [5.41, 5.74) is 0. The van der Waals surface area contributed by atoms with Gasteiger partial charge in [0, 0.05) is 19.3 Å². The highest BCUT2D eigenvalue weighted by Crippen LogP contribution is 2.15. The van der Waals surface area contributed by atoms with E-state index in [9.17, 15) is 14.4 Å². The average Bonchev–Trinajstić information content (AvgIpc) is 3.49. The lowest BCUT2D eigenvalue weighted by Gasteiger charge is -2.18. The first-order chi connectivity index (χ1) is 41.0. The number of carbonyl (C=O) groups is 3. The molecule has 83 heavy (non-hydrogen) atoms. The van der Waals surface area contributed by atoms with Crippen LogP contribution in [0.15, 0.2) is 134 Å². The van der Waals surface area contributed by atoms with Crippen LogP contribution in [0.2, 0.25) is 0 Å². The molecule has 0 fully saturated rings. The van der Waals surface area contributed by atoms with Gasteiger partial charge < -0.3 is 14.2 Å². The van der Waals surface area contributed by atoms with Crippen molar-refractivity contribution in [2.24, 2.45) is 0 Å². The summed E-state index contributed by atoms with van der Waals surface area (Å²) >= 11 is 0. The molecule has 0 rings (SSSR count). The van der Waals surface area contributed by atoms with Crippen molar-refractivity contribution in [1.82, 2.24) is 0 Å². The number of hydrogen-bond acceptors (Lipinski definition) is 6. The number of esters is 3. The third kappa shape index (κ3) is 68.2. The van der Waals surface area contributed by atoms with Crippen LogP contribution in [0, 0.1) is 0 Å². The normalized spacial score (nSPS) is 13.0. The maximum atomic E-state index is 12.9. The van der Waals surface area contributed by atoms with E-state index >= 15 is 0 Å². The molecule has 0 radical (unpaired) electrons. The van der Waals surface area contributed by atoms with E-state index in [2.05, 4.69) is 154 Å². The Balaban J connectivity index is 4.36. The van der Waals surface area contributed by atoms with Crippen LogP contribution in [0.5, 0.6) is 0 Å². The first-order valence-electron chi connectivity index (χ1n) is 34.7. The van der Waals surface area contributed by atoms with Crippen molar-refractivity contribution < 1.29 is 28.6 Å². The number of rotatable bonds is 62. The van der Waals surface area contributed by atoms with Crippen molar-refractivity contribution in [2.75, 3.05) is 13.2 Å². The van der Waals surface area contributed by atoms with Gasteiger partial charge >= 0.3 is 17.9 Å². The van der Waals surface area contributed by atoms with Crippen molar-refractivity contribution in [3.63, 3.8) is 0 Å². The highest BCUT2D eigenvalue weighted by Gasteiger charge is 2.19. The van der Waals surface area contributed by atoms with Gasteiger partial charge in [-0.3, -0.25) is 14.4 Å². The fraction of sp³-hybridized carbons (Fsp3) is 0.675. The lowest BCUT2D eigenvalue weighted by atomic mass is 10.1. The summed E-state index contributed by atoms with van der Waals surface area (Å²) in [6.45, 7) is 6.50. The quantitative estimate of drug-likeness (QED) is 0.0261. The molecule has 6 heteroatoms. The molecule has 1 atom stereocenters. The van der Waals surface area contributed by atoms with E-state index in [1.165, 1.54) is 141 Å². The van der Waals surface area contributed by atoms with E-state index in [4.69, 9.17) is 14.2 Å². The molecule has 0 saturated carbocycles. The lowest BCUT2D eigenvalue weighted by molar-refractivity contribution is -0.167. The van der Waals surface area contributed by atoms with Crippen LogP contribution in [0.3, 0.4) is 0 Å². The molecular formula is C77H128O6. The Morgan fingerprint density at radius 2 is 0.470 bits per heavy atom. The van der Waals surface area contributed by atoms with Gasteiger partial charge in [-0.2, -0.15) is 0 Å². The van der Waals surface area contributed by atoms with E-state index in [-0.39, 0.29) is 31.1 Å². The predicted molar refractivity (Wildman–Crippen MR) is 362 cm³/mol. The Bertz CT molecular complexity index is 1750. The second-order valence-corrected chi connectivity index (χ2v) is 22.7. The Hall–Kier alpha value is -4.45. The fourth-order valence-electron chi connectivity index (χ4n) is 9.43. The standard InChI is InChI=1S/C77H128O6/c1-4-7-10-13-16-19-22-25-27-29-31-33-34-35-36-37-38-39-40-41-42-44-45-47-49-52-55-58-61-64-67-70-76(79)82-73-74(72-81-75(78)69-66-63-60-57-54-51-24-21-18-15-12-9-6-3)83-77(80)71-68-65-62-59-56-53-50-48-46-43-32-30-28-26-23-20-17-14-11-8-5-2/h7,10,16,19,21,23-27,30-33,35-36,38-39,41-42,45,47,74H,4-6,8-9,11-15,17-18,20,22,28-29,34,37,40,43-44,46,48-73H2,1-3H3/b10-7-,19-16-,24-21-,26-23-,27-25-,32-30-,33-31-,36-35-,39-38-,42-41-,47-45-. The average molecular weight is 1150 g/mol. The van der Waals surface area contributed by atoms with E-state index in [0.717, 1.165) is 135 Å². The molecule has 6 nitrogen and oxygen atoms in total. The van der Waals surface area contributed by atoms with Gasteiger partial charge in [0.25, 0.3) is 0 Å². The van der Waals surface area contributed by atoms with Crippen LogP contribution in [0.4, 0.5) is 0 Å². The smallest absolute Gasteiger partial charge is 0.306 e. The number of carbonyl (C=O) groups excluding carboxylic acids is 3. The molecule has 0 aliphatic heterocycles. The maximum absolute atomic E-state index is 12.9. The molecular weight excluding hydrogens is 1020 g/mol. The number of ether oxygens (including phenoxy) is 3. The largest absolute Gasteiger partial charge is 0.462 e. The second kappa shape index (κ2) is 70.0. The van der Waals surface area contributed by atoms with Crippen molar-refractivity contribution in [3.05, 3.63) is 134 Å². The molecule has 0 spiro atoms. The first-order valence-corrected chi connectivity index (χ1v) is 34.7. The molecule has 0 bridgehead atoms. The van der Waals surface area contributed by atoms with Gasteiger partial charge in [-0.1, -0.05) is 289 Å². The van der Waals surface area contributed by atoms with Gasteiger partial charge in [-0.05, 0) is 141 Å². The summed E-state index contributed by atoms with van der Waals surface area (Å²) in [6.07, 6.45) is 98.9. The summed E-state index contributed by atoms with van der Waals surface area (Å²) in [4.78, 5) is 38.4. The molecule has 0 N–H and O–H groups in total. The molecule has 472 valence electrons. The minimum atomic E-state index is -0.796. The minimum Gasteiger partial charge on any atom is -0.462 e. The summed E-state index contributed by atoms with van der Waals surface area (Å²) in [5.74, 6) is -0.912. The SMILES string of the molecule is CC/C=C\C/C=C\C/C=C\C/C=C\C/C=C\C/C=C\C/C=C\C/C=C\CCCCCCCCC(=O)OCC(COC(=O)CCCCCCC/C=C\CCCCCC)OC(=O)CCCCCCCCCCC/C=C\C/C=C\CCCCCCC. The predicted octanol–water partition coefficient (Wildman–Crippen LogP) is 24.1. The third-order valence-corrected chi connectivity index (χ3v) is 14.6. The Labute approximate surface area is 513 Å². The van der Waals surface area contributed by atoms with Gasteiger partial charge in [0.05, 0.1) is 0 Å². The number of allylic oxidation sites excluding steroid dienone is 22. The monoisotopic (exact) mass is 1150 g/mol. The Morgan fingerprint density at radius 3 is 0.759 bits per heavy atom. The fourth-order valence-corrected chi connectivity index (χ4v) is 9.43. The molecule has 0 aromatic heterocycles. The number of hydrogen-bond donors (Lipinski definition) is 0. The van der Waals surface area contributed by atoms with Gasteiger partial charge in [0.15, 0.2) is 6.10 Å². The van der Waals surface area contributed by atoms with Crippen molar-refractivity contribution in [3.8, 4) is 0 Å².